The van der Waals surface area contributed by atoms with E-state index in [1.54, 1.807) is 0 Å². The van der Waals surface area contributed by atoms with Crippen LogP contribution >= 0.6 is 15.9 Å². The third kappa shape index (κ3) is 4.78. The van der Waals surface area contributed by atoms with E-state index < -0.39 is 0 Å². The van der Waals surface area contributed by atoms with Gasteiger partial charge in [-0.3, -0.25) is 0 Å². The normalized spacial score (nSPS) is 19.2. The molecule has 0 saturated heterocycles. The standard InChI is InChI=1S/C17H27BrN2/c1-17(2)9-7-16(8-10-17)20(3)12-11-19-15-6-4-5-14(18)13-15/h4-6,13,16,19H,7-12H2,1-3H3. The topological polar surface area (TPSA) is 15.3 Å². The third-order valence-corrected chi connectivity index (χ3v) is 5.04. The van der Waals surface area contributed by atoms with Crippen LogP contribution in [-0.2, 0) is 0 Å². The molecule has 1 aromatic rings. The van der Waals surface area contributed by atoms with Crippen LogP contribution in [0.5, 0.6) is 0 Å². The van der Waals surface area contributed by atoms with Crippen LogP contribution in [0.3, 0.4) is 0 Å². The fourth-order valence-electron chi connectivity index (χ4n) is 2.98. The van der Waals surface area contributed by atoms with Crippen molar-refractivity contribution in [2.45, 2.75) is 45.6 Å². The molecule has 0 unspecified atom stereocenters. The molecule has 1 aliphatic rings. The summed E-state index contributed by atoms with van der Waals surface area (Å²) < 4.78 is 1.13. The van der Waals surface area contributed by atoms with Gasteiger partial charge in [-0.1, -0.05) is 35.8 Å². The minimum atomic E-state index is 0.561. The van der Waals surface area contributed by atoms with Gasteiger partial charge in [-0.05, 0) is 56.3 Å². The number of benzene rings is 1. The van der Waals surface area contributed by atoms with Gasteiger partial charge in [0.2, 0.25) is 0 Å². The second-order valence-corrected chi connectivity index (χ2v) is 7.73. The molecule has 0 aromatic heterocycles. The van der Waals surface area contributed by atoms with Gasteiger partial charge in [0.25, 0.3) is 0 Å². The second-order valence-electron chi connectivity index (χ2n) is 6.81. The van der Waals surface area contributed by atoms with Gasteiger partial charge in [-0.15, -0.1) is 0 Å². The molecule has 3 heteroatoms. The molecule has 2 nitrogen and oxygen atoms in total. The van der Waals surface area contributed by atoms with E-state index in [2.05, 4.69) is 71.3 Å². The van der Waals surface area contributed by atoms with E-state index in [9.17, 15) is 0 Å². The quantitative estimate of drug-likeness (QED) is 0.832. The van der Waals surface area contributed by atoms with Crippen LogP contribution < -0.4 is 5.32 Å². The summed E-state index contributed by atoms with van der Waals surface area (Å²) in [4.78, 5) is 2.53. The zero-order valence-corrected chi connectivity index (χ0v) is 14.5. The van der Waals surface area contributed by atoms with Crippen LogP contribution in [0.15, 0.2) is 28.7 Å². The van der Waals surface area contributed by atoms with Crippen molar-refractivity contribution in [2.24, 2.45) is 5.41 Å². The first-order valence-electron chi connectivity index (χ1n) is 7.66. The third-order valence-electron chi connectivity index (χ3n) is 4.55. The molecular weight excluding hydrogens is 312 g/mol. The zero-order chi connectivity index (χ0) is 14.6. The van der Waals surface area contributed by atoms with Crippen LogP contribution in [-0.4, -0.2) is 31.1 Å². The molecule has 0 atom stereocenters. The fourth-order valence-corrected chi connectivity index (χ4v) is 3.38. The van der Waals surface area contributed by atoms with Crippen molar-refractivity contribution in [1.29, 1.82) is 0 Å². The summed E-state index contributed by atoms with van der Waals surface area (Å²) in [5.41, 5.74) is 1.75. The monoisotopic (exact) mass is 338 g/mol. The summed E-state index contributed by atoms with van der Waals surface area (Å²) >= 11 is 3.51. The van der Waals surface area contributed by atoms with E-state index in [1.165, 1.54) is 31.4 Å². The molecule has 0 amide bonds. The molecule has 1 fully saturated rings. The van der Waals surface area contributed by atoms with E-state index in [-0.39, 0.29) is 0 Å². The van der Waals surface area contributed by atoms with E-state index in [0.717, 1.165) is 23.6 Å². The molecule has 0 bridgehead atoms. The van der Waals surface area contributed by atoms with Gasteiger partial charge < -0.3 is 10.2 Å². The number of likely N-dealkylation sites (N-methyl/N-ethyl adjacent to an activating group) is 1. The highest BCUT2D eigenvalue weighted by atomic mass is 79.9. The molecule has 1 aromatic carbocycles. The Morgan fingerprint density at radius 2 is 2.00 bits per heavy atom. The maximum Gasteiger partial charge on any atom is 0.0351 e. The molecule has 2 rings (SSSR count). The molecule has 20 heavy (non-hydrogen) atoms. The molecule has 1 N–H and O–H groups in total. The van der Waals surface area contributed by atoms with Crippen LogP contribution in [0.1, 0.15) is 39.5 Å². The predicted octanol–water partition coefficient (Wildman–Crippen LogP) is 4.76. The molecule has 1 saturated carbocycles. The zero-order valence-electron chi connectivity index (χ0n) is 13.0. The fraction of sp³-hybridized carbons (Fsp3) is 0.647. The average molecular weight is 339 g/mol. The first-order valence-corrected chi connectivity index (χ1v) is 8.45. The van der Waals surface area contributed by atoms with Crippen molar-refractivity contribution in [2.75, 3.05) is 25.5 Å². The Bertz CT molecular complexity index is 421. The molecule has 0 spiro atoms. The summed E-state index contributed by atoms with van der Waals surface area (Å²) in [6.45, 7) is 6.92. The molecule has 0 aliphatic heterocycles. The predicted molar refractivity (Wildman–Crippen MR) is 91.3 cm³/mol. The lowest BCUT2D eigenvalue weighted by Gasteiger charge is -2.38. The maximum absolute atomic E-state index is 3.51. The minimum absolute atomic E-state index is 0.561. The van der Waals surface area contributed by atoms with Crippen LogP contribution in [0, 0.1) is 5.41 Å². The summed E-state index contributed by atoms with van der Waals surface area (Å²) in [5.74, 6) is 0. The first-order chi connectivity index (χ1) is 9.46. The Balaban J connectivity index is 1.71. The lowest BCUT2D eigenvalue weighted by atomic mass is 9.75. The van der Waals surface area contributed by atoms with Crippen molar-refractivity contribution in [3.8, 4) is 0 Å². The highest BCUT2D eigenvalue weighted by Crippen LogP contribution is 2.36. The molecule has 1 aliphatic carbocycles. The lowest BCUT2D eigenvalue weighted by Crippen LogP contribution is -2.39. The smallest absolute Gasteiger partial charge is 0.0351 e. The van der Waals surface area contributed by atoms with Gasteiger partial charge in [-0.25, -0.2) is 0 Å². The number of anilines is 1. The number of hydrogen-bond donors (Lipinski definition) is 1. The van der Waals surface area contributed by atoms with Crippen LogP contribution in [0.4, 0.5) is 5.69 Å². The SMILES string of the molecule is CN(CCNc1cccc(Br)c1)C1CCC(C)(C)CC1. The Morgan fingerprint density at radius 3 is 2.65 bits per heavy atom. The highest BCUT2D eigenvalue weighted by Gasteiger charge is 2.28. The van der Waals surface area contributed by atoms with E-state index in [0.29, 0.717) is 5.41 Å². The number of nitrogens with zero attached hydrogens (tertiary/aromatic N) is 1. The maximum atomic E-state index is 3.51. The van der Waals surface area contributed by atoms with Gasteiger partial charge in [0, 0.05) is 29.3 Å². The minimum Gasteiger partial charge on any atom is -0.384 e. The molecule has 0 heterocycles. The Kier molecular flexibility index (Phi) is 5.50. The lowest BCUT2D eigenvalue weighted by molar-refractivity contribution is 0.131. The van der Waals surface area contributed by atoms with Gasteiger partial charge in [0.05, 0.1) is 0 Å². The summed E-state index contributed by atoms with van der Waals surface area (Å²) in [7, 11) is 2.27. The van der Waals surface area contributed by atoms with Gasteiger partial charge in [0.15, 0.2) is 0 Å². The van der Waals surface area contributed by atoms with Crippen LogP contribution in [0.25, 0.3) is 0 Å². The van der Waals surface area contributed by atoms with Gasteiger partial charge in [0.1, 0.15) is 0 Å². The largest absolute Gasteiger partial charge is 0.384 e. The number of rotatable bonds is 5. The average Bonchev–Trinajstić information content (AvgIpc) is 2.38. The number of hydrogen-bond acceptors (Lipinski definition) is 2. The van der Waals surface area contributed by atoms with E-state index in [4.69, 9.17) is 0 Å². The second kappa shape index (κ2) is 6.95. The van der Waals surface area contributed by atoms with Crippen molar-refractivity contribution in [3.63, 3.8) is 0 Å². The Morgan fingerprint density at radius 1 is 1.30 bits per heavy atom. The first kappa shape index (κ1) is 15.8. The van der Waals surface area contributed by atoms with Crippen molar-refractivity contribution < 1.29 is 0 Å². The highest BCUT2D eigenvalue weighted by molar-refractivity contribution is 9.10. The van der Waals surface area contributed by atoms with Crippen LogP contribution in [0.2, 0.25) is 0 Å². The molecule has 112 valence electrons. The summed E-state index contributed by atoms with van der Waals surface area (Å²) in [5, 5.41) is 3.50. The van der Waals surface area contributed by atoms with Gasteiger partial charge in [-0.2, -0.15) is 0 Å². The Labute approximate surface area is 132 Å². The summed E-state index contributed by atoms with van der Waals surface area (Å²) in [6, 6.07) is 9.14. The molecular formula is C17H27BrN2. The van der Waals surface area contributed by atoms with Crippen molar-refractivity contribution >= 4 is 21.6 Å². The molecule has 0 radical (unpaired) electrons. The van der Waals surface area contributed by atoms with E-state index >= 15 is 0 Å². The van der Waals surface area contributed by atoms with Gasteiger partial charge >= 0.3 is 0 Å². The number of nitrogens with one attached hydrogen (secondary N) is 1. The van der Waals surface area contributed by atoms with Crippen molar-refractivity contribution in [1.82, 2.24) is 4.90 Å². The number of halogens is 1. The van der Waals surface area contributed by atoms with Crippen molar-refractivity contribution in [3.05, 3.63) is 28.7 Å². The van der Waals surface area contributed by atoms with E-state index in [1.807, 2.05) is 0 Å². The summed E-state index contributed by atoms with van der Waals surface area (Å²) in [6.07, 6.45) is 5.42. The Hall–Kier alpha value is -0.540.